The van der Waals surface area contributed by atoms with Crippen LogP contribution in [0.3, 0.4) is 0 Å². The van der Waals surface area contributed by atoms with Gasteiger partial charge in [-0.05, 0) is 114 Å². The minimum Gasteiger partial charge on any atom is -0.444 e. The van der Waals surface area contributed by atoms with Gasteiger partial charge in [0.2, 0.25) is 5.96 Å². The third-order valence-corrected chi connectivity index (χ3v) is 6.59. The molecule has 0 atom stereocenters. The zero-order valence-corrected chi connectivity index (χ0v) is 29.9. The second kappa shape index (κ2) is 14.9. The number of hydrogen-bond donors (Lipinski definition) is 4. The molecule has 1 aromatic heterocycles. The molecule has 50 heavy (non-hydrogen) atoms. The number of guanidine groups is 1. The van der Waals surface area contributed by atoms with E-state index in [1.807, 2.05) is 24.3 Å². The number of carbonyl (C=O) groups is 4. The number of aliphatic imine (C=N–C) groups is 1. The third-order valence-electron chi connectivity index (χ3n) is 6.59. The van der Waals surface area contributed by atoms with Gasteiger partial charge in [-0.25, -0.2) is 14.4 Å². The largest absolute Gasteiger partial charge is 0.444 e. The molecule has 0 bridgehead atoms. The first-order chi connectivity index (χ1) is 23.2. The van der Waals surface area contributed by atoms with Crippen LogP contribution in [0.5, 0.6) is 5.75 Å². The molecule has 0 aliphatic heterocycles. The molecule has 4 rings (SSSR count). The van der Waals surface area contributed by atoms with E-state index in [0.29, 0.717) is 22.6 Å². The predicted octanol–water partition coefficient (Wildman–Crippen LogP) is 8.46. The summed E-state index contributed by atoms with van der Waals surface area (Å²) in [7, 11) is 0. The molecule has 1 heterocycles. The van der Waals surface area contributed by atoms with E-state index >= 15 is 0 Å². The van der Waals surface area contributed by atoms with Crippen LogP contribution < -0.4 is 20.7 Å². The molecule has 0 unspecified atom stereocenters. The highest BCUT2D eigenvalue weighted by atomic mass is 16.6. The summed E-state index contributed by atoms with van der Waals surface area (Å²) in [6.45, 7) is 16.7. The Labute approximate surface area is 292 Å². The number of fused-ring (bicyclic) bond motifs is 1. The lowest BCUT2D eigenvalue weighted by Crippen LogP contribution is -2.40. The molecular formula is C38H45N5O7. The average molecular weight is 684 g/mol. The normalized spacial score (nSPS) is 12.2. The Morgan fingerprint density at radius 2 is 1.32 bits per heavy atom. The van der Waals surface area contributed by atoms with Crippen LogP contribution in [0.15, 0.2) is 77.8 Å². The zero-order chi connectivity index (χ0) is 36.9. The number of benzene rings is 3. The van der Waals surface area contributed by atoms with E-state index in [9.17, 15) is 19.2 Å². The summed E-state index contributed by atoms with van der Waals surface area (Å²) in [4.78, 5) is 57.6. The number of alkyl carbamates (subject to hydrolysis) is 1. The van der Waals surface area contributed by atoms with Gasteiger partial charge < -0.3 is 29.8 Å². The van der Waals surface area contributed by atoms with Crippen LogP contribution in [0.4, 0.5) is 21.0 Å². The van der Waals surface area contributed by atoms with Gasteiger partial charge in [0, 0.05) is 28.3 Å². The van der Waals surface area contributed by atoms with Gasteiger partial charge in [-0.1, -0.05) is 32.9 Å². The topological polar surface area (TPSA) is 160 Å². The van der Waals surface area contributed by atoms with Gasteiger partial charge in [0.1, 0.15) is 22.6 Å². The van der Waals surface area contributed by atoms with Crippen LogP contribution in [0, 0.1) is 5.41 Å². The van der Waals surface area contributed by atoms with E-state index in [-0.39, 0.29) is 28.6 Å². The van der Waals surface area contributed by atoms with Crippen molar-refractivity contribution in [2.45, 2.75) is 79.9 Å². The van der Waals surface area contributed by atoms with Gasteiger partial charge >= 0.3 is 18.2 Å². The molecule has 0 radical (unpaired) electrons. The fourth-order valence-corrected chi connectivity index (χ4v) is 4.66. The maximum absolute atomic E-state index is 13.0. The Bertz CT molecular complexity index is 1890. The van der Waals surface area contributed by atoms with Gasteiger partial charge in [-0.3, -0.25) is 10.1 Å². The number of nitrogens with zero attached hydrogens (tertiary/aromatic N) is 1. The van der Waals surface area contributed by atoms with E-state index < -0.39 is 29.4 Å². The Hall–Kier alpha value is -5.65. The number of carbonyl (C=O) groups excluding carboxylic acids is 4. The molecular weight excluding hydrogens is 638 g/mol. The van der Waals surface area contributed by atoms with Gasteiger partial charge in [0.15, 0.2) is 0 Å². The minimum atomic E-state index is -0.926. The summed E-state index contributed by atoms with van der Waals surface area (Å²) in [6.07, 6.45) is -0.827. The highest BCUT2D eigenvalue weighted by Gasteiger charge is 2.21. The van der Waals surface area contributed by atoms with Crippen molar-refractivity contribution in [2.75, 3.05) is 10.6 Å². The van der Waals surface area contributed by atoms with Crippen molar-refractivity contribution in [1.82, 2.24) is 10.3 Å². The highest BCUT2D eigenvalue weighted by Crippen LogP contribution is 2.25. The van der Waals surface area contributed by atoms with Crippen LogP contribution in [-0.4, -0.2) is 46.2 Å². The average Bonchev–Trinajstić information content (AvgIpc) is 3.39. The van der Waals surface area contributed by atoms with Crippen LogP contribution in [0.1, 0.15) is 88.7 Å². The van der Waals surface area contributed by atoms with Crippen LogP contribution in [0.25, 0.3) is 10.9 Å². The van der Waals surface area contributed by atoms with Gasteiger partial charge in [0.05, 0.1) is 5.56 Å². The number of esters is 1. The number of ether oxygens (including phenoxy) is 3. The molecule has 0 saturated heterocycles. The summed E-state index contributed by atoms with van der Waals surface area (Å²) in [5, 5.41) is 8.93. The van der Waals surface area contributed by atoms with E-state index in [2.05, 4.69) is 46.7 Å². The summed E-state index contributed by atoms with van der Waals surface area (Å²) in [5.74, 6) is -0.867. The lowest BCUT2D eigenvalue weighted by molar-refractivity contribution is 0.0561. The number of hydrogen-bond acceptors (Lipinski definition) is 7. The fourth-order valence-electron chi connectivity index (χ4n) is 4.66. The zero-order valence-electron chi connectivity index (χ0n) is 29.9. The van der Waals surface area contributed by atoms with Crippen molar-refractivity contribution in [2.24, 2.45) is 10.4 Å². The lowest BCUT2D eigenvalue weighted by Gasteiger charge is -2.21. The second-order valence-corrected chi connectivity index (χ2v) is 15.0. The summed E-state index contributed by atoms with van der Waals surface area (Å²) in [5.41, 5.74) is 2.08. The van der Waals surface area contributed by atoms with Crippen molar-refractivity contribution in [3.63, 3.8) is 0 Å². The summed E-state index contributed by atoms with van der Waals surface area (Å²) < 4.78 is 16.1. The van der Waals surface area contributed by atoms with Crippen molar-refractivity contribution in [3.05, 3.63) is 89.6 Å². The van der Waals surface area contributed by atoms with E-state index in [0.717, 1.165) is 11.8 Å². The third kappa shape index (κ3) is 11.8. The Balaban J connectivity index is 1.40. The minimum absolute atomic E-state index is 0.166. The number of anilines is 2. The first kappa shape index (κ1) is 37.2. The van der Waals surface area contributed by atoms with Gasteiger partial charge in [0.25, 0.3) is 5.91 Å². The number of rotatable bonds is 6. The standard InChI is InChI=1S/C38H45N5O7/c1-36(2,3)22-23-10-15-26(16-11-23)39-31(44)30-20-25-14-19-28(21-29(25)41-30)48-32(45)24-12-17-27(18-13-24)40-33(42-34(46)49-37(4,5)6)43-35(47)50-38(7,8)9/h10-21,41H,22H2,1-9H3,(H,39,44)(H2,40,42,43,46,47). The van der Waals surface area contributed by atoms with E-state index in [1.165, 1.54) is 17.7 Å². The fraction of sp³-hybridized carbons (Fsp3) is 0.342. The Morgan fingerprint density at radius 3 is 1.92 bits per heavy atom. The van der Waals surface area contributed by atoms with Crippen molar-refractivity contribution >= 4 is 52.3 Å². The maximum Gasteiger partial charge on any atom is 0.437 e. The van der Waals surface area contributed by atoms with Crippen LogP contribution >= 0.6 is 0 Å². The number of amides is 3. The first-order valence-corrected chi connectivity index (χ1v) is 16.2. The molecule has 264 valence electrons. The van der Waals surface area contributed by atoms with E-state index in [4.69, 9.17) is 14.2 Å². The van der Waals surface area contributed by atoms with Gasteiger partial charge in [-0.2, -0.15) is 0 Å². The summed E-state index contributed by atoms with van der Waals surface area (Å²) >= 11 is 0. The van der Waals surface area contributed by atoms with Crippen LogP contribution in [-0.2, 0) is 15.9 Å². The monoisotopic (exact) mass is 683 g/mol. The van der Waals surface area contributed by atoms with Crippen LogP contribution in [0.2, 0.25) is 0 Å². The molecule has 4 N–H and O–H groups in total. The predicted molar refractivity (Wildman–Crippen MR) is 194 cm³/mol. The van der Waals surface area contributed by atoms with E-state index in [1.54, 1.807) is 77.9 Å². The number of aromatic nitrogens is 1. The number of aromatic amines is 1. The quantitative estimate of drug-likeness (QED) is 0.0682. The van der Waals surface area contributed by atoms with Gasteiger partial charge in [-0.15, -0.1) is 4.99 Å². The molecule has 4 aromatic rings. The Morgan fingerprint density at radius 1 is 0.720 bits per heavy atom. The maximum atomic E-state index is 13.0. The smallest absolute Gasteiger partial charge is 0.437 e. The first-order valence-electron chi connectivity index (χ1n) is 16.2. The van der Waals surface area contributed by atoms with Crippen molar-refractivity contribution in [1.29, 1.82) is 0 Å². The number of nitrogens with one attached hydrogen (secondary N) is 4. The molecule has 12 nitrogen and oxygen atoms in total. The SMILES string of the molecule is CC(C)(C)Cc1ccc(NC(=O)c2cc3ccc(OC(=O)c4ccc(NC(=NC(=O)OC(C)(C)C)NC(=O)OC(C)(C)C)cc4)cc3[nH]2)cc1. The van der Waals surface area contributed by atoms with Crippen molar-refractivity contribution < 1.29 is 33.4 Å². The molecule has 0 fully saturated rings. The summed E-state index contributed by atoms with van der Waals surface area (Å²) in [6, 6.07) is 20.7. The van der Waals surface area contributed by atoms with Crippen molar-refractivity contribution in [3.8, 4) is 5.75 Å². The molecule has 0 spiro atoms. The second-order valence-electron chi connectivity index (χ2n) is 15.0. The Kier molecular flexibility index (Phi) is 11.0. The molecule has 3 aromatic carbocycles. The molecule has 0 saturated carbocycles. The molecule has 0 aliphatic carbocycles. The molecule has 12 heteroatoms. The number of H-pyrrole nitrogens is 1. The molecule has 0 aliphatic rings. The lowest BCUT2D eigenvalue weighted by atomic mass is 9.88. The molecule has 3 amide bonds. The highest BCUT2D eigenvalue weighted by molar-refractivity contribution is 6.07.